The average Bonchev–Trinajstić information content (AvgIpc) is 2.72. The Balaban J connectivity index is 1.98. The second-order valence-corrected chi connectivity index (χ2v) is 4.56. The van der Waals surface area contributed by atoms with Crippen molar-refractivity contribution in [1.29, 1.82) is 0 Å². The molecular formula is C9H7Cl2NOS. The van der Waals surface area contributed by atoms with Crippen LogP contribution in [-0.2, 0) is 6.54 Å². The van der Waals surface area contributed by atoms with Crippen LogP contribution in [0.15, 0.2) is 28.0 Å². The number of hydrogen-bond donors (Lipinski definition) is 1. The van der Waals surface area contributed by atoms with Crippen molar-refractivity contribution >= 4 is 40.2 Å². The zero-order valence-electron chi connectivity index (χ0n) is 7.09. The van der Waals surface area contributed by atoms with Crippen molar-refractivity contribution < 1.29 is 4.42 Å². The van der Waals surface area contributed by atoms with Crippen molar-refractivity contribution in [3.05, 3.63) is 38.9 Å². The summed E-state index contributed by atoms with van der Waals surface area (Å²) < 4.78 is 5.94. The van der Waals surface area contributed by atoms with Crippen molar-refractivity contribution in [2.75, 3.05) is 5.32 Å². The Morgan fingerprint density at radius 1 is 1.29 bits per heavy atom. The Morgan fingerprint density at radius 3 is 2.71 bits per heavy atom. The molecule has 2 nitrogen and oxygen atoms in total. The topological polar surface area (TPSA) is 25.2 Å². The second kappa shape index (κ2) is 4.26. The van der Waals surface area contributed by atoms with E-state index >= 15 is 0 Å². The molecule has 0 radical (unpaired) electrons. The number of furan rings is 1. The van der Waals surface area contributed by atoms with Crippen LogP contribution in [0.4, 0.5) is 5.69 Å². The van der Waals surface area contributed by atoms with Gasteiger partial charge in [0.2, 0.25) is 0 Å². The van der Waals surface area contributed by atoms with Crippen LogP contribution in [0.3, 0.4) is 0 Å². The minimum atomic E-state index is 0.401. The fourth-order valence-corrected chi connectivity index (χ4v) is 2.09. The lowest BCUT2D eigenvalue weighted by Crippen LogP contribution is -1.96. The lowest BCUT2D eigenvalue weighted by atomic mass is 10.4. The van der Waals surface area contributed by atoms with Gasteiger partial charge in [0.1, 0.15) is 10.1 Å². The minimum Gasteiger partial charge on any atom is -0.448 e. The summed E-state index contributed by atoms with van der Waals surface area (Å²) in [6.45, 7) is 0.586. The molecule has 2 aromatic rings. The summed E-state index contributed by atoms with van der Waals surface area (Å²) in [6.07, 6.45) is 0. The van der Waals surface area contributed by atoms with E-state index in [0.717, 1.165) is 15.8 Å². The lowest BCUT2D eigenvalue weighted by Gasteiger charge is -2.01. The quantitative estimate of drug-likeness (QED) is 0.877. The summed E-state index contributed by atoms with van der Waals surface area (Å²) in [4.78, 5) is 0. The SMILES string of the molecule is Clc1ccc(CNc2ccsc2Cl)o1. The molecule has 2 heterocycles. The molecule has 2 aromatic heterocycles. The van der Waals surface area contributed by atoms with Crippen LogP contribution in [0, 0.1) is 0 Å². The highest BCUT2D eigenvalue weighted by Crippen LogP contribution is 2.28. The van der Waals surface area contributed by atoms with Gasteiger partial charge in [0.15, 0.2) is 5.22 Å². The molecule has 0 bridgehead atoms. The number of hydrogen-bond acceptors (Lipinski definition) is 3. The van der Waals surface area contributed by atoms with Gasteiger partial charge in [0.25, 0.3) is 0 Å². The molecule has 74 valence electrons. The summed E-state index contributed by atoms with van der Waals surface area (Å²) >= 11 is 13.0. The molecule has 0 saturated carbocycles. The maximum atomic E-state index is 5.91. The zero-order chi connectivity index (χ0) is 9.97. The molecule has 0 amide bonds. The molecular weight excluding hydrogens is 241 g/mol. The van der Waals surface area contributed by atoms with E-state index in [0.29, 0.717) is 11.8 Å². The van der Waals surface area contributed by atoms with Crippen LogP contribution in [0.25, 0.3) is 0 Å². The van der Waals surface area contributed by atoms with Gasteiger partial charge in [-0.3, -0.25) is 0 Å². The predicted molar refractivity (Wildman–Crippen MR) is 60.4 cm³/mol. The van der Waals surface area contributed by atoms with E-state index in [1.165, 1.54) is 11.3 Å². The van der Waals surface area contributed by atoms with Gasteiger partial charge in [-0.1, -0.05) is 11.6 Å². The second-order valence-electron chi connectivity index (χ2n) is 2.67. The van der Waals surface area contributed by atoms with Gasteiger partial charge in [-0.05, 0) is 35.2 Å². The number of nitrogens with one attached hydrogen (secondary N) is 1. The first-order valence-electron chi connectivity index (χ1n) is 3.97. The molecule has 0 aliphatic heterocycles. The summed E-state index contributed by atoms with van der Waals surface area (Å²) in [5.41, 5.74) is 0.921. The third kappa shape index (κ3) is 2.23. The van der Waals surface area contributed by atoms with Crippen LogP contribution in [0.1, 0.15) is 5.76 Å². The number of anilines is 1. The van der Waals surface area contributed by atoms with Crippen LogP contribution in [0.2, 0.25) is 9.56 Å². The largest absolute Gasteiger partial charge is 0.448 e. The van der Waals surface area contributed by atoms with Crippen LogP contribution < -0.4 is 5.32 Å². The Hall–Kier alpha value is -0.640. The molecule has 0 atom stereocenters. The molecule has 0 saturated heterocycles. The number of thiophene rings is 1. The highest BCUT2D eigenvalue weighted by molar-refractivity contribution is 7.15. The van der Waals surface area contributed by atoms with Crippen molar-refractivity contribution in [3.63, 3.8) is 0 Å². The number of halogens is 2. The van der Waals surface area contributed by atoms with Gasteiger partial charge in [-0.2, -0.15) is 0 Å². The van der Waals surface area contributed by atoms with Gasteiger partial charge in [-0.15, -0.1) is 11.3 Å². The van der Waals surface area contributed by atoms with E-state index < -0.39 is 0 Å². The highest BCUT2D eigenvalue weighted by atomic mass is 35.5. The molecule has 0 aromatic carbocycles. The van der Waals surface area contributed by atoms with E-state index in [4.69, 9.17) is 27.6 Å². The van der Waals surface area contributed by atoms with E-state index in [2.05, 4.69) is 5.32 Å². The van der Waals surface area contributed by atoms with E-state index in [-0.39, 0.29) is 0 Å². The Kier molecular flexibility index (Phi) is 3.01. The van der Waals surface area contributed by atoms with Crippen molar-refractivity contribution in [2.24, 2.45) is 0 Å². The maximum absolute atomic E-state index is 5.91. The maximum Gasteiger partial charge on any atom is 0.193 e. The fourth-order valence-electron chi connectivity index (χ4n) is 1.05. The smallest absolute Gasteiger partial charge is 0.193 e. The Morgan fingerprint density at radius 2 is 2.14 bits per heavy atom. The zero-order valence-corrected chi connectivity index (χ0v) is 9.42. The van der Waals surface area contributed by atoms with Crippen LogP contribution >= 0.6 is 34.5 Å². The minimum absolute atomic E-state index is 0.401. The normalized spacial score (nSPS) is 10.4. The van der Waals surface area contributed by atoms with Crippen LogP contribution in [0.5, 0.6) is 0 Å². The highest BCUT2D eigenvalue weighted by Gasteiger charge is 2.02. The van der Waals surface area contributed by atoms with E-state index in [1.807, 2.05) is 17.5 Å². The van der Waals surface area contributed by atoms with E-state index in [9.17, 15) is 0 Å². The first-order valence-corrected chi connectivity index (χ1v) is 5.60. The Bertz CT molecular complexity index is 424. The molecule has 5 heteroatoms. The molecule has 14 heavy (non-hydrogen) atoms. The standard InChI is InChI=1S/C9H7Cl2NOS/c10-8-2-1-6(13-8)5-12-7-3-4-14-9(7)11/h1-4,12H,5H2. The van der Waals surface area contributed by atoms with E-state index in [1.54, 1.807) is 6.07 Å². The lowest BCUT2D eigenvalue weighted by molar-refractivity contribution is 0.520. The summed E-state index contributed by atoms with van der Waals surface area (Å²) in [7, 11) is 0. The third-order valence-electron chi connectivity index (χ3n) is 1.70. The van der Waals surface area contributed by atoms with Crippen molar-refractivity contribution in [2.45, 2.75) is 6.54 Å². The molecule has 0 aliphatic rings. The van der Waals surface area contributed by atoms with Gasteiger partial charge >= 0.3 is 0 Å². The third-order valence-corrected chi connectivity index (χ3v) is 3.07. The van der Waals surface area contributed by atoms with Gasteiger partial charge in [-0.25, -0.2) is 0 Å². The fraction of sp³-hybridized carbons (Fsp3) is 0.111. The molecule has 1 N–H and O–H groups in total. The molecule has 2 rings (SSSR count). The Labute approximate surface area is 95.4 Å². The monoisotopic (exact) mass is 247 g/mol. The van der Waals surface area contributed by atoms with Gasteiger partial charge in [0, 0.05) is 0 Å². The number of rotatable bonds is 3. The summed E-state index contributed by atoms with van der Waals surface area (Å²) in [5, 5.41) is 5.48. The predicted octanol–water partition coefficient (Wildman–Crippen LogP) is 4.26. The van der Waals surface area contributed by atoms with Crippen molar-refractivity contribution in [1.82, 2.24) is 0 Å². The van der Waals surface area contributed by atoms with Crippen molar-refractivity contribution in [3.8, 4) is 0 Å². The molecule has 0 fully saturated rings. The van der Waals surface area contributed by atoms with Gasteiger partial charge in [0.05, 0.1) is 12.2 Å². The van der Waals surface area contributed by atoms with Gasteiger partial charge < -0.3 is 9.73 Å². The summed E-state index contributed by atoms with van der Waals surface area (Å²) in [6, 6.07) is 5.47. The molecule has 0 spiro atoms. The molecule has 0 aliphatic carbocycles. The first kappa shape index (κ1) is 9.90. The first-order chi connectivity index (χ1) is 6.75. The van der Waals surface area contributed by atoms with Crippen LogP contribution in [-0.4, -0.2) is 0 Å². The average molecular weight is 248 g/mol. The molecule has 0 unspecified atom stereocenters. The summed E-state index contributed by atoms with van der Waals surface area (Å²) in [5.74, 6) is 0.789.